The van der Waals surface area contributed by atoms with Gasteiger partial charge in [-0.05, 0) is 46.6 Å². The topological polar surface area (TPSA) is 72.3 Å². The summed E-state index contributed by atoms with van der Waals surface area (Å²) in [6.07, 6.45) is 5.19. The largest absolute Gasteiger partial charge is 0.444 e. The highest BCUT2D eigenvalue weighted by Crippen LogP contribution is 2.24. The average molecular weight is 345 g/mol. The number of hydrogen-bond acceptors (Lipinski definition) is 5. The van der Waals surface area contributed by atoms with Crippen LogP contribution in [-0.2, 0) is 11.3 Å². The van der Waals surface area contributed by atoms with Crippen LogP contribution in [0.1, 0.15) is 40.5 Å². The van der Waals surface area contributed by atoms with Crippen molar-refractivity contribution >= 4 is 22.9 Å². The van der Waals surface area contributed by atoms with Crippen LogP contribution in [0.25, 0.3) is 11.2 Å². The minimum Gasteiger partial charge on any atom is -0.444 e. The van der Waals surface area contributed by atoms with Gasteiger partial charge in [0.1, 0.15) is 11.1 Å². The van der Waals surface area contributed by atoms with E-state index in [1.165, 1.54) is 0 Å². The van der Waals surface area contributed by atoms with Crippen molar-refractivity contribution in [3.05, 3.63) is 18.6 Å². The summed E-state index contributed by atoms with van der Waals surface area (Å²) in [4.78, 5) is 22.9. The Morgan fingerprint density at radius 3 is 2.68 bits per heavy atom. The van der Waals surface area contributed by atoms with E-state index in [4.69, 9.17) is 4.74 Å². The van der Waals surface area contributed by atoms with Gasteiger partial charge in [0, 0.05) is 31.9 Å². The zero-order valence-electron chi connectivity index (χ0n) is 15.5. The van der Waals surface area contributed by atoms with Crippen molar-refractivity contribution in [2.24, 2.45) is 0 Å². The van der Waals surface area contributed by atoms with Gasteiger partial charge in [-0.1, -0.05) is 0 Å². The van der Waals surface area contributed by atoms with Crippen molar-refractivity contribution in [3.8, 4) is 0 Å². The SMILES string of the molecule is CCn1cnc2c(NC3CCN(C(=O)OC(C)(C)C)CC3)ccnc21. The fourth-order valence-corrected chi connectivity index (χ4v) is 3.06. The van der Waals surface area contributed by atoms with E-state index in [0.717, 1.165) is 36.2 Å². The molecule has 0 aromatic carbocycles. The third-order valence-corrected chi connectivity index (χ3v) is 4.35. The van der Waals surface area contributed by atoms with E-state index < -0.39 is 5.60 Å². The molecule has 1 fully saturated rings. The molecule has 1 amide bonds. The van der Waals surface area contributed by atoms with E-state index >= 15 is 0 Å². The van der Waals surface area contributed by atoms with Gasteiger partial charge in [-0.2, -0.15) is 0 Å². The van der Waals surface area contributed by atoms with Gasteiger partial charge in [-0.25, -0.2) is 14.8 Å². The first-order valence-electron chi connectivity index (χ1n) is 8.91. The Morgan fingerprint density at radius 2 is 2.04 bits per heavy atom. The van der Waals surface area contributed by atoms with Gasteiger partial charge in [-0.15, -0.1) is 0 Å². The number of pyridine rings is 1. The van der Waals surface area contributed by atoms with E-state index in [2.05, 4.69) is 22.2 Å². The Hall–Kier alpha value is -2.31. The second kappa shape index (κ2) is 6.90. The van der Waals surface area contributed by atoms with Crippen LogP contribution in [0.4, 0.5) is 10.5 Å². The lowest BCUT2D eigenvalue weighted by Gasteiger charge is -2.34. The Balaban J connectivity index is 1.61. The second-order valence-electron chi connectivity index (χ2n) is 7.45. The van der Waals surface area contributed by atoms with Crippen molar-refractivity contribution in [2.45, 2.75) is 58.7 Å². The van der Waals surface area contributed by atoms with Crippen LogP contribution in [-0.4, -0.2) is 50.3 Å². The van der Waals surface area contributed by atoms with E-state index in [9.17, 15) is 4.79 Å². The number of carbonyl (C=O) groups is 1. The average Bonchev–Trinajstić information content (AvgIpc) is 2.98. The number of nitrogens with one attached hydrogen (secondary N) is 1. The Kier molecular flexibility index (Phi) is 4.83. The predicted molar refractivity (Wildman–Crippen MR) is 97.7 cm³/mol. The van der Waals surface area contributed by atoms with Gasteiger partial charge >= 0.3 is 6.09 Å². The summed E-state index contributed by atoms with van der Waals surface area (Å²) in [5, 5.41) is 3.57. The minimum absolute atomic E-state index is 0.223. The number of imidazole rings is 1. The van der Waals surface area contributed by atoms with Crippen molar-refractivity contribution in [1.82, 2.24) is 19.4 Å². The summed E-state index contributed by atoms with van der Waals surface area (Å²) in [5.41, 5.74) is 2.36. The third kappa shape index (κ3) is 4.03. The number of amides is 1. The molecule has 1 aliphatic heterocycles. The number of aryl methyl sites for hydroxylation is 1. The molecule has 1 N–H and O–H groups in total. The Bertz CT molecular complexity index is 741. The number of carbonyl (C=O) groups excluding carboxylic acids is 1. The lowest BCUT2D eigenvalue weighted by Crippen LogP contribution is -2.44. The molecule has 2 aromatic heterocycles. The number of aromatic nitrogens is 3. The second-order valence-corrected chi connectivity index (χ2v) is 7.45. The number of fused-ring (bicyclic) bond motifs is 1. The molecular formula is C18H27N5O2. The Labute approximate surface area is 148 Å². The van der Waals surface area contributed by atoms with Gasteiger partial charge < -0.3 is 19.5 Å². The summed E-state index contributed by atoms with van der Waals surface area (Å²) >= 11 is 0. The van der Waals surface area contributed by atoms with Gasteiger partial charge in [0.15, 0.2) is 5.65 Å². The number of anilines is 1. The molecule has 0 spiro atoms. The molecule has 3 heterocycles. The van der Waals surface area contributed by atoms with Crippen LogP contribution in [0.2, 0.25) is 0 Å². The molecule has 0 radical (unpaired) electrons. The van der Waals surface area contributed by atoms with Crippen LogP contribution in [0.15, 0.2) is 18.6 Å². The maximum Gasteiger partial charge on any atom is 0.410 e. The Morgan fingerprint density at radius 1 is 1.32 bits per heavy atom. The summed E-state index contributed by atoms with van der Waals surface area (Å²) in [7, 11) is 0. The molecule has 0 bridgehead atoms. The van der Waals surface area contributed by atoms with Crippen molar-refractivity contribution < 1.29 is 9.53 Å². The predicted octanol–water partition coefficient (Wildman–Crippen LogP) is 3.26. The number of likely N-dealkylation sites (tertiary alicyclic amines) is 1. The zero-order valence-corrected chi connectivity index (χ0v) is 15.5. The molecule has 3 rings (SSSR count). The van der Waals surface area contributed by atoms with Gasteiger partial charge in [0.05, 0.1) is 12.0 Å². The van der Waals surface area contributed by atoms with Crippen LogP contribution in [0, 0.1) is 0 Å². The smallest absolute Gasteiger partial charge is 0.410 e. The van der Waals surface area contributed by atoms with Crippen LogP contribution in [0.5, 0.6) is 0 Å². The standard InChI is InChI=1S/C18H27N5O2/c1-5-22-12-20-15-14(6-9-19-16(15)22)21-13-7-10-23(11-8-13)17(24)25-18(2,3)4/h6,9,12-13H,5,7-8,10-11H2,1-4H3,(H,19,21). The first kappa shape index (κ1) is 17.5. The molecule has 136 valence electrons. The molecule has 1 aliphatic rings. The number of nitrogens with zero attached hydrogens (tertiary/aromatic N) is 4. The lowest BCUT2D eigenvalue weighted by molar-refractivity contribution is 0.0210. The molecule has 7 heteroatoms. The first-order valence-corrected chi connectivity index (χ1v) is 8.91. The normalized spacial score (nSPS) is 16.2. The molecule has 0 aliphatic carbocycles. The van der Waals surface area contributed by atoms with E-state index in [1.807, 2.05) is 43.9 Å². The molecule has 1 saturated heterocycles. The quantitative estimate of drug-likeness (QED) is 0.924. The number of piperidine rings is 1. The molecule has 0 atom stereocenters. The highest BCUT2D eigenvalue weighted by atomic mass is 16.6. The maximum absolute atomic E-state index is 12.2. The van der Waals surface area contributed by atoms with E-state index in [-0.39, 0.29) is 6.09 Å². The summed E-state index contributed by atoms with van der Waals surface area (Å²) < 4.78 is 7.48. The fourth-order valence-electron chi connectivity index (χ4n) is 3.06. The monoisotopic (exact) mass is 345 g/mol. The lowest BCUT2D eigenvalue weighted by atomic mass is 10.0. The van der Waals surface area contributed by atoms with Gasteiger partial charge in [0.2, 0.25) is 0 Å². The molecule has 2 aromatic rings. The molecular weight excluding hydrogens is 318 g/mol. The van der Waals surface area contributed by atoms with Crippen molar-refractivity contribution in [2.75, 3.05) is 18.4 Å². The summed E-state index contributed by atoms with van der Waals surface area (Å²) in [5.74, 6) is 0. The number of rotatable bonds is 3. The highest BCUT2D eigenvalue weighted by Gasteiger charge is 2.27. The fraction of sp³-hybridized carbons (Fsp3) is 0.611. The summed E-state index contributed by atoms with van der Waals surface area (Å²) in [6.45, 7) is 10.0. The van der Waals surface area contributed by atoms with Crippen LogP contribution >= 0.6 is 0 Å². The van der Waals surface area contributed by atoms with Crippen LogP contribution < -0.4 is 5.32 Å². The first-order chi connectivity index (χ1) is 11.9. The molecule has 0 unspecified atom stereocenters. The molecule has 7 nitrogen and oxygen atoms in total. The summed E-state index contributed by atoms with van der Waals surface area (Å²) in [6, 6.07) is 2.28. The number of ether oxygens (including phenoxy) is 1. The van der Waals surface area contributed by atoms with E-state index in [0.29, 0.717) is 19.1 Å². The molecule has 25 heavy (non-hydrogen) atoms. The maximum atomic E-state index is 12.2. The van der Waals surface area contributed by atoms with Crippen molar-refractivity contribution in [3.63, 3.8) is 0 Å². The van der Waals surface area contributed by atoms with Crippen molar-refractivity contribution in [1.29, 1.82) is 0 Å². The zero-order chi connectivity index (χ0) is 18.0. The third-order valence-electron chi connectivity index (χ3n) is 4.35. The van der Waals surface area contributed by atoms with Gasteiger partial charge in [-0.3, -0.25) is 0 Å². The number of hydrogen-bond donors (Lipinski definition) is 1. The van der Waals surface area contributed by atoms with Crippen LogP contribution in [0.3, 0.4) is 0 Å². The van der Waals surface area contributed by atoms with Gasteiger partial charge in [0.25, 0.3) is 0 Å². The highest BCUT2D eigenvalue weighted by molar-refractivity contribution is 5.85. The van der Waals surface area contributed by atoms with E-state index in [1.54, 1.807) is 4.90 Å². The minimum atomic E-state index is -0.451. The molecule has 0 saturated carbocycles.